The van der Waals surface area contributed by atoms with E-state index in [1.165, 1.54) is 16.7 Å². The molecule has 19 heavy (non-hydrogen) atoms. The van der Waals surface area contributed by atoms with Gasteiger partial charge in [0.05, 0.1) is 17.5 Å². The van der Waals surface area contributed by atoms with Crippen LogP contribution in [0.4, 0.5) is 5.69 Å². The van der Waals surface area contributed by atoms with Crippen LogP contribution in [-0.4, -0.2) is 40.4 Å². The Bertz CT molecular complexity index is 451. The smallest absolute Gasteiger partial charge is 0.237 e. The van der Waals surface area contributed by atoms with Crippen LogP contribution in [0.25, 0.3) is 0 Å². The Balaban J connectivity index is 2.01. The lowest BCUT2D eigenvalue weighted by Crippen LogP contribution is -2.37. The van der Waals surface area contributed by atoms with Crippen LogP contribution >= 0.6 is 23.5 Å². The highest BCUT2D eigenvalue weighted by Gasteiger charge is 2.23. The average Bonchev–Trinajstić information content (AvgIpc) is 2.43. The van der Waals surface area contributed by atoms with Crippen LogP contribution in [0.15, 0.2) is 29.2 Å². The Hall–Kier alpha value is -0.650. The number of carbonyl (C=O) groups excluding carboxylic acids is 1. The van der Waals surface area contributed by atoms with E-state index in [1.807, 2.05) is 30.0 Å². The van der Waals surface area contributed by atoms with Crippen LogP contribution in [0.2, 0.25) is 0 Å². The maximum atomic E-state index is 12.3. The van der Waals surface area contributed by atoms with Gasteiger partial charge in [-0.1, -0.05) is 19.1 Å². The van der Waals surface area contributed by atoms with Gasteiger partial charge in [-0.25, -0.2) is 0 Å². The molecule has 3 nitrogen and oxygen atoms in total. The van der Waals surface area contributed by atoms with Gasteiger partial charge in [0.2, 0.25) is 5.91 Å². The number of thioether (sulfide) groups is 2. The molecule has 0 radical (unpaired) electrons. The van der Waals surface area contributed by atoms with E-state index < -0.39 is 0 Å². The first kappa shape index (κ1) is 14.8. The van der Waals surface area contributed by atoms with Gasteiger partial charge in [0.25, 0.3) is 0 Å². The fourth-order valence-electron chi connectivity index (χ4n) is 1.85. The Morgan fingerprint density at radius 3 is 2.95 bits per heavy atom. The Kier molecular flexibility index (Phi) is 5.19. The molecule has 1 N–H and O–H groups in total. The van der Waals surface area contributed by atoms with E-state index in [-0.39, 0.29) is 17.3 Å². The average molecular weight is 297 g/mol. The molecule has 0 bridgehead atoms. The number of aliphatic hydroxyl groups is 1. The van der Waals surface area contributed by atoms with E-state index in [0.717, 1.165) is 18.0 Å². The molecule has 1 aromatic rings. The summed E-state index contributed by atoms with van der Waals surface area (Å²) in [6, 6.07) is 8.04. The normalized spacial score (nSPS) is 17.7. The van der Waals surface area contributed by atoms with Gasteiger partial charge in [0, 0.05) is 22.4 Å². The van der Waals surface area contributed by atoms with Crippen molar-refractivity contribution < 1.29 is 9.90 Å². The lowest BCUT2D eigenvalue weighted by Gasteiger charge is -2.29. The molecular weight excluding hydrogens is 278 g/mol. The molecule has 104 valence electrons. The minimum atomic E-state index is -0.387. The van der Waals surface area contributed by atoms with E-state index in [2.05, 4.69) is 6.07 Å². The van der Waals surface area contributed by atoms with E-state index in [4.69, 9.17) is 0 Å². The number of anilines is 1. The van der Waals surface area contributed by atoms with E-state index in [9.17, 15) is 9.90 Å². The van der Waals surface area contributed by atoms with E-state index in [0.29, 0.717) is 5.75 Å². The number of nitrogens with zero attached hydrogens (tertiary/aromatic N) is 1. The topological polar surface area (TPSA) is 40.5 Å². The van der Waals surface area contributed by atoms with Gasteiger partial charge < -0.3 is 10.0 Å². The number of carbonyl (C=O) groups is 1. The van der Waals surface area contributed by atoms with Gasteiger partial charge >= 0.3 is 0 Å². The van der Waals surface area contributed by atoms with E-state index in [1.54, 1.807) is 18.7 Å². The van der Waals surface area contributed by atoms with Gasteiger partial charge in [-0.15, -0.1) is 23.5 Å². The van der Waals surface area contributed by atoms with Crippen molar-refractivity contribution in [2.45, 2.75) is 30.1 Å². The first-order valence-electron chi connectivity index (χ1n) is 6.41. The van der Waals surface area contributed by atoms with Crippen LogP contribution in [0.3, 0.4) is 0 Å². The second kappa shape index (κ2) is 6.68. The maximum absolute atomic E-state index is 12.3. The molecule has 1 aromatic carbocycles. The molecule has 0 saturated carbocycles. The van der Waals surface area contributed by atoms with Crippen molar-refractivity contribution in [3.8, 4) is 0 Å². The number of hydrogen-bond donors (Lipinski definition) is 1. The molecule has 0 spiro atoms. The molecule has 1 heterocycles. The molecule has 0 aromatic heterocycles. The first-order chi connectivity index (χ1) is 9.09. The number of fused-ring (bicyclic) bond motifs is 1. The predicted octanol–water partition coefficient (Wildman–Crippen LogP) is 2.63. The van der Waals surface area contributed by atoms with Gasteiger partial charge in [-0.3, -0.25) is 4.79 Å². The third-order valence-electron chi connectivity index (χ3n) is 3.18. The summed E-state index contributed by atoms with van der Waals surface area (Å²) >= 11 is 3.31. The highest BCUT2D eigenvalue weighted by Crippen LogP contribution is 2.34. The molecule has 0 aliphatic carbocycles. The molecule has 1 aliphatic heterocycles. The molecule has 1 aliphatic rings. The highest BCUT2D eigenvalue weighted by atomic mass is 32.2. The maximum Gasteiger partial charge on any atom is 0.237 e. The van der Waals surface area contributed by atoms with Crippen molar-refractivity contribution in [1.82, 2.24) is 0 Å². The zero-order valence-electron chi connectivity index (χ0n) is 11.2. The number of hydrogen-bond acceptors (Lipinski definition) is 4. The number of amides is 1. The number of benzene rings is 1. The van der Waals surface area contributed by atoms with Crippen LogP contribution in [0.5, 0.6) is 0 Å². The fourth-order valence-corrected chi connectivity index (χ4v) is 3.68. The molecule has 2 unspecified atom stereocenters. The standard InChI is InChI=1S/C14H19NO2S2/c1-10(16)11(2)19-9-14(17)15-7-8-18-13-6-4-3-5-12(13)15/h3-6,10-11,16H,7-9H2,1-2H3. The van der Waals surface area contributed by atoms with Gasteiger partial charge in [-0.05, 0) is 19.1 Å². The second-order valence-corrected chi connectivity index (χ2v) is 7.12. The zero-order valence-corrected chi connectivity index (χ0v) is 12.8. The van der Waals surface area contributed by atoms with Crippen molar-refractivity contribution in [3.63, 3.8) is 0 Å². The molecule has 1 amide bonds. The largest absolute Gasteiger partial charge is 0.392 e. The van der Waals surface area contributed by atoms with E-state index >= 15 is 0 Å². The Morgan fingerprint density at radius 2 is 2.21 bits per heavy atom. The third-order valence-corrected chi connectivity index (χ3v) is 5.55. The van der Waals surface area contributed by atoms with Crippen LogP contribution < -0.4 is 4.90 Å². The zero-order chi connectivity index (χ0) is 13.8. The minimum absolute atomic E-state index is 0.0818. The van der Waals surface area contributed by atoms with Gasteiger partial charge in [0.15, 0.2) is 0 Å². The SMILES string of the molecule is CC(O)C(C)SCC(=O)N1CCSc2ccccc21. The molecule has 2 rings (SSSR count). The van der Waals surface area contributed by atoms with Crippen LogP contribution in [-0.2, 0) is 4.79 Å². The summed E-state index contributed by atoms with van der Waals surface area (Å²) in [5, 5.41) is 9.53. The van der Waals surface area contributed by atoms with Crippen LogP contribution in [0, 0.1) is 0 Å². The van der Waals surface area contributed by atoms with Crippen molar-refractivity contribution in [1.29, 1.82) is 0 Å². The molecule has 5 heteroatoms. The Morgan fingerprint density at radius 1 is 1.47 bits per heavy atom. The van der Waals surface area contributed by atoms with Crippen molar-refractivity contribution in [2.75, 3.05) is 23.0 Å². The van der Waals surface area contributed by atoms with Crippen molar-refractivity contribution in [3.05, 3.63) is 24.3 Å². The van der Waals surface area contributed by atoms with Gasteiger partial charge in [-0.2, -0.15) is 0 Å². The minimum Gasteiger partial charge on any atom is -0.392 e. The summed E-state index contributed by atoms with van der Waals surface area (Å²) in [4.78, 5) is 15.3. The number of rotatable bonds is 4. The van der Waals surface area contributed by atoms with Gasteiger partial charge in [0.1, 0.15) is 0 Å². The monoisotopic (exact) mass is 297 g/mol. The molecule has 0 saturated heterocycles. The summed E-state index contributed by atoms with van der Waals surface area (Å²) in [5.41, 5.74) is 1.02. The predicted molar refractivity (Wildman–Crippen MR) is 83.1 cm³/mol. The van der Waals surface area contributed by atoms with Crippen molar-refractivity contribution >= 4 is 35.1 Å². The lowest BCUT2D eigenvalue weighted by molar-refractivity contribution is -0.116. The van der Waals surface area contributed by atoms with Crippen LogP contribution in [0.1, 0.15) is 13.8 Å². The number of aliphatic hydroxyl groups excluding tert-OH is 1. The summed E-state index contributed by atoms with van der Waals surface area (Å²) in [6.45, 7) is 4.47. The third kappa shape index (κ3) is 3.68. The second-order valence-electron chi connectivity index (χ2n) is 4.62. The number of para-hydroxylation sites is 1. The fraction of sp³-hybridized carbons (Fsp3) is 0.500. The molecule has 2 atom stereocenters. The van der Waals surface area contributed by atoms with Crippen molar-refractivity contribution in [2.24, 2.45) is 0 Å². The highest BCUT2D eigenvalue weighted by molar-refractivity contribution is 8.00. The molecule has 0 fully saturated rings. The first-order valence-corrected chi connectivity index (χ1v) is 8.45. The lowest BCUT2D eigenvalue weighted by atomic mass is 10.3. The summed E-state index contributed by atoms with van der Waals surface area (Å²) < 4.78 is 0. The summed E-state index contributed by atoms with van der Waals surface area (Å²) in [5.74, 6) is 1.50. The Labute approximate surface area is 122 Å². The summed E-state index contributed by atoms with van der Waals surface area (Å²) in [6.07, 6.45) is -0.387. The molecular formula is C14H19NO2S2. The summed E-state index contributed by atoms with van der Waals surface area (Å²) in [7, 11) is 0. The quantitative estimate of drug-likeness (QED) is 0.927.